The lowest BCUT2D eigenvalue weighted by Crippen LogP contribution is -2.26. The second-order valence-corrected chi connectivity index (χ2v) is 10.1. The Morgan fingerprint density at radius 1 is 1.00 bits per heavy atom. The van der Waals surface area contributed by atoms with Gasteiger partial charge in [0.05, 0.1) is 5.71 Å². The first-order valence-corrected chi connectivity index (χ1v) is 10.6. The van der Waals surface area contributed by atoms with Gasteiger partial charge in [0.1, 0.15) is 5.75 Å². The summed E-state index contributed by atoms with van der Waals surface area (Å²) in [5.74, 6) is 0.377. The molecule has 1 amide bonds. The van der Waals surface area contributed by atoms with E-state index in [1.165, 1.54) is 5.56 Å². The summed E-state index contributed by atoms with van der Waals surface area (Å²) in [5, 5.41) is 4.14. The van der Waals surface area contributed by atoms with Gasteiger partial charge < -0.3 is 4.74 Å². The highest BCUT2D eigenvalue weighted by atomic mass is 79.9. The van der Waals surface area contributed by atoms with Crippen molar-refractivity contribution in [2.45, 2.75) is 53.4 Å². The molecular formula is C24H31BrN2O2. The predicted molar refractivity (Wildman–Crippen MR) is 124 cm³/mol. The molecule has 0 radical (unpaired) electrons. The number of ether oxygens (including phenoxy) is 1. The normalized spacial score (nSPS) is 12.6. The Balaban J connectivity index is 1.88. The van der Waals surface area contributed by atoms with Crippen molar-refractivity contribution in [1.29, 1.82) is 0 Å². The Kier molecular flexibility index (Phi) is 7.64. The first-order chi connectivity index (χ1) is 13.5. The Bertz CT molecular complexity index is 848. The summed E-state index contributed by atoms with van der Waals surface area (Å²) in [6.45, 7) is 13.0. The molecule has 0 aromatic heterocycles. The topological polar surface area (TPSA) is 50.7 Å². The molecular weight excluding hydrogens is 428 g/mol. The summed E-state index contributed by atoms with van der Waals surface area (Å²) in [5.41, 5.74) is 5.81. The smallest absolute Gasteiger partial charge is 0.277 e. The van der Waals surface area contributed by atoms with Crippen LogP contribution in [-0.4, -0.2) is 18.2 Å². The Morgan fingerprint density at radius 3 is 2.14 bits per heavy atom. The molecule has 0 unspecified atom stereocenters. The van der Waals surface area contributed by atoms with E-state index in [-0.39, 0.29) is 23.3 Å². The van der Waals surface area contributed by atoms with E-state index in [1.54, 1.807) is 0 Å². The number of nitrogens with one attached hydrogen (secondary N) is 1. The zero-order valence-electron chi connectivity index (χ0n) is 18.2. The van der Waals surface area contributed by atoms with Crippen LogP contribution in [0.4, 0.5) is 0 Å². The van der Waals surface area contributed by atoms with Gasteiger partial charge in [-0.2, -0.15) is 5.10 Å². The zero-order chi connectivity index (χ0) is 21.7. The third kappa shape index (κ3) is 7.65. The van der Waals surface area contributed by atoms with Crippen LogP contribution in [0.25, 0.3) is 0 Å². The molecule has 2 aromatic rings. The van der Waals surface area contributed by atoms with Crippen molar-refractivity contribution in [1.82, 2.24) is 5.43 Å². The van der Waals surface area contributed by atoms with Crippen LogP contribution < -0.4 is 10.2 Å². The van der Waals surface area contributed by atoms with Gasteiger partial charge in [0.15, 0.2) is 6.61 Å². The SMILES string of the molecule is C/C(=N\NC(=O)COc1ccc(C(C)(C)CC(C)(C)C)cc1)c1ccc(Br)cc1. The maximum absolute atomic E-state index is 12.0. The van der Waals surface area contributed by atoms with Crippen molar-refractivity contribution in [2.75, 3.05) is 6.61 Å². The molecule has 1 N–H and O–H groups in total. The third-order valence-corrected chi connectivity index (χ3v) is 5.12. The van der Waals surface area contributed by atoms with Crippen molar-refractivity contribution in [2.24, 2.45) is 10.5 Å². The molecule has 0 atom stereocenters. The van der Waals surface area contributed by atoms with Crippen LogP contribution in [0.1, 0.15) is 59.1 Å². The fraction of sp³-hybridized carbons (Fsp3) is 0.417. The highest BCUT2D eigenvalue weighted by molar-refractivity contribution is 9.10. The van der Waals surface area contributed by atoms with E-state index >= 15 is 0 Å². The Hall–Kier alpha value is -2.14. The minimum atomic E-state index is -0.293. The van der Waals surface area contributed by atoms with Gasteiger partial charge >= 0.3 is 0 Å². The third-order valence-electron chi connectivity index (χ3n) is 4.59. The van der Waals surface area contributed by atoms with E-state index in [0.717, 1.165) is 22.2 Å². The zero-order valence-corrected chi connectivity index (χ0v) is 19.8. The summed E-state index contributed by atoms with van der Waals surface area (Å²) < 4.78 is 6.60. The number of halogens is 1. The number of nitrogens with zero attached hydrogens (tertiary/aromatic N) is 1. The molecule has 0 aliphatic heterocycles. The summed E-state index contributed by atoms with van der Waals surface area (Å²) >= 11 is 3.40. The lowest BCUT2D eigenvalue weighted by Gasteiger charge is -2.33. The number of carbonyl (C=O) groups is 1. The maximum atomic E-state index is 12.0. The Labute approximate surface area is 182 Å². The van der Waals surface area contributed by atoms with Gasteiger partial charge in [0.25, 0.3) is 5.91 Å². The molecule has 4 nitrogen and oxygen atoms in total. The second-order valence-electron chi connectivity index (χ2n) is 9.17. The molecule has 0 fully saturated rings. The maximum Gasteiger partial charge on any atom is 0.277 e. The van der Waals surface area contributed by atoms with Crippen LogP contribution >= 0.6 is 15.9 Å². The number of benzene rings is 2. The first kappa shape index (κ1) is 23.1. The van der Waals surface area contributed by atoms with Crippen molar-refractivity contribution >= 4 is 27.5 Å². The summed E-state index contributed by atoms with van der Waals surface area (Å²) in [7, 11) is 0. The molecule has 5 heteroatoms. The fourth-order valence-electron chi connectivity index (χ4n) is 3.51. The van der Waals surface area contributed by atoms with E-state index < -0.39 is 0 Å². The summed E-state index contributed by atoms with van der Waals surface area (Å²) in [6, 6.07) is 15.7. The van der Waals surface area contributed by atoms with Gasteiger partial charge in [-0.15, -0.1) is 0 Å². The molecule has 0 heterocycles. The van der Waals surface area contributed by atoms with Crippen LogP contribution in [0.2, 0.25) is 0 Å². The minimum absolute atomic E-state index is 0.0768. The minimum Gasteiger partial charge on any atom is -0.484 e. The average molecular weight is 459 g/mol. The average Bonchev–Trinajstić information content (AvgIpc) is 2.63. The van der Waals surface area contributed by atoms with E-state index in [4.69, 9.17) is 4.74 Å². The number of amides is 1. The summed E-state index contributed by atoms with van der Waals surface area (Å²) in [4.78, 5) is 12.0. The van der Waals surface area contributed by atoms with Crippen LogP contribution in [0.15, 0.2) is 58.1 Å². The molecule has 29 heavy (non-hydrogen) atoms. The molecule has 156 valence electrons. The summed E-state index contributed by atoms with van der Waals surface area (Å²) in [6.07, 6.45) is 1.08. The molecule has 0 saturated carbocycles. The van der Waals surface area contributed by atoms with Crippen molar-refractivity contribution in [3.05, 3.63) is 64.1 Å². The van der Waals surface area contributed by atoms with Crippen LogP contribution in [0.5, 0.6) is 5.75 Å². The largest absolute Gasteiger partial charge is 0.484 e. The quantitative estimate of drug-likeness (QED) is 0.403. The van der Waals surface area contributed by atoms with Gasteiger partial charge in [-0.1, -0.05) is 74.8 Å². The highest BCUT2D eigenvalue weighted by Crippen LogP contribution is 2.36. The number of hydrazone groups is 1. The van der Waals surface area contributed by atoms with Crippen molar-refractivity contribution in [3.8, 4) is 5.75 Å². The molecule has 0 aliphatic carbocycles. The van der Waals surface area contributed by atoms with Gasteiger partial charge in [-0.3, -0.25) is 4.79 Å². The van der Waals surface area contributed by atoms with Gasteiger partial charge in [-0.05, 0) is 59.6 Å². The van der Waals surface area contributed by atoms with Crippen molar-refractivity contribution < 1.29 is 9.53 Å². The van der Waals surface area contributed by atoms with Gasteiger partial charge in [0.2, 0.25) is 0 Å². The number of hydrogen-bond acceptors (Lipinski definition) is 3. The van der Waals surface area contributed by atoms with E-state index in [2.05, 4.69) is 73.2 Å². The van der Waals surface area contributed by atoms with Gasteiger partial charge in [0, 0.05) is 4.47 Å². The Morgan fingerprint density at radius 2 is 1.59 bits per heavy atom. The van der Waals surface area contributed by atoms with E-state index in [9.17, 15) is 4.79 Å². The van der Waals surface area contributed by atoms with E-state index in [0.29, 0.717) is 5.75 Å². The molecule has 0 saturated heterocycles. The van der Waals surface area contributed by atoms with Crippen LogP contribution in [-0.2, 0) is 10.2 Å². The number of carbonyl (C=O) groups excluding carboxylic acids is 1. The van der Waals surface area contributed by atoms with E-state index in [1.807, 2.05) is 43.3 Å². The first-order valence-electron chi connectivity index (χ1n) is 9.79. The molecule has 2 rings (SSSR count). The van der Waals surface area contributed by atoms with Gasteiger partial charge in [-0.25, -0.2) is 5.43 Å². The lowest BCUT2D eigenvalue weighted by molar-refractivity contribution is -0.123. The standard InChI is InChI=1S/C24H31BrN2O2/c1-17(18-7-11-20(25)12-8-18)26-27-22(28)15-29-21-13-9-19(10-14-21)24(5,6)16-23(2,3)4/h7-14H,15-16H2,1-6H3,(H,27,28)/b26-17+. The fourth-order valence-corrected chi connectivity index (χ4v) is 3.78. The molecule has 0 aliphatic rings. The molecule has 2 aromatic carbocycles. The lowest BCUT2D eigenvalue weighted by atomic mass is 9.72. The molecule has 0 spiro atoms. The van der Waals surface area contributed by atoms with Crippen LogP contribution in [0.3, 0.4) is 0 Å². The molecule has 0 bridgehead atoms. The highest BCUT2D eigenvalue weighted by Gasteiger charge is 2.27. The van der Waals surface area contributed by atoms with Crippen molar-refractivity contribution in [3.63, 3.8) is 0 Å². The monoisotopic (exact) mass is 458 g/mol. The second kappa shape index (κ2) is 9.57. The number of hydrogen-bond donors (Lipinski definition) is 1. The number of rotatable bonds is 7. The van der Waals surface area contributed by atoms with Crippen LogP contribution in [0, 0.1) is 5.41 Å². The predicted octanol–water partition coefficient (Wildman–Crippen LogP) is 6.08.